The summed E-state index contributed by atoms with van der Waals surface area (Å²) < 4.78 is 5.22. The largest absolute Gasteiger partial charge is 0.497 e. The van der Waals surface area contributed by atoms with Gasteiger partial charge in [-0.3, -0.25) is 19.4 Å². The number of hydrogen-bond donors (Lipinski definition) is 1. The Morgan fingerprint density at radius 2 is 1.81 bits per heavy atom. The molecule has 0 aromatic heterocycles. The van der Waals surface area contributed by atoms with Gasteiger partial charge in [-0.1, -0.05) is 19.1 Å². The molecule has 1 unspecified atom stereocenters. The van der Waals surface area contributed by atoms with Crippen LogP contribution in [0.2, 0.25) is 0 Å². The van der Waals surface area contributed by atoms with E-state index in [1.807, 2.05) is 24.0 Å². The molecule has 2 aliphatic heterocycles. The third-order valence-corrected chi connectivity index (χ3v) is 6.32. The van der Waals surface area contributed by atoms with Crippen molar-refractivity contribution in [1.82, 2.24) is 20.0 Å². The van der Waals surface area contributed by atoms with Gasteiger partial charge < -0.3 is 15.0 Å². The van der Waals surface area contributed by atoms with Gasteiger partial charge in [-0.25, -0.2) is 0 Å². The fourth-order valence-corrected chi connectivity index (χ4v) is 4.47. The van der Waals surface area contributed by atoms with Crippen molar-refractivity contribution >= 4 is 11.8 Å². The van der Waals surface area contributed by atoms with Crippen LogP contribution >= 0.6 is 0 Å². The van der Waals surface area contributed by atoms with Crippen molar-refractivity contribution in [2.75, 3.05) is 59.5 Å². The first-order valence-corrected chi connectivity index (χ1v) is 11.7. The molecule has 2 aliphatic rings. The van der Waals surface area contributed by atoms with Crippen molar-refractivity contribution in [2.24, 2.45) is 5.92 Å². The molecule has 31 heavy (non-hydrogen) atoms. The van der Waals surface area contributed by atoms with Gasteiger partial charge in [0.25, 0.3) is 0 Å². The highest BCUT2D eigenvalue weighted by Crippen LogP contribution is 2.17. The molecular formula is C24H38N4O3. The van der Waals surface area contributed by atoms with E-state index in [1.54, 1.807) is 7.11 Å². The summed E-state index contributed by atoms with van der Waals surface area (Å²) in [6, 6.07) is 8.20. The number of carbonyl (C=O) groups is 2. The summed E-state index contributed by atoms with van der Waals surface area (Å²) in [5, 5.41) is 3.05. The second kappa shape index (κ2) is 12.1. The van der Waals surface area contributed by atoms with E-state index in [0.29, 0.717) is 18.9 Å². The summed E-state index contributed by atoms with van der Waals surface area (Å²) in [6.45, 7) is 9.42. The molecule has 2 heterocycles. The number of nitrogens with one attached hydrogen (secondary N) is 1. The monoisotopic (exact) mass is 430 g/mol. The molecule has 1 N–H and O–H groups in total. The number of piperazine rings is 1. The summed E-state index contributed by atoms with van der Waals surface area (Å²) in [5.74, 6) is 1.70. The minimum absolute atomic E-state index is 0.142. The molecule has 0 spiro atoms. The zero-order valence-corrected chi connectivity index (χ0v) is 19.1. The number of carbonyl (C=O) groups excluding carboxylic acids is 2. The minimum atomic E-state index is 0.142. The minimum Gasteiger partial charge on any atom is -0.497 e. The van der Waals surface area contributed by atoms with Crippen LogP contribution in [0, 0.1) is 5.92 Å². The Bertz CT molecular complexity index is 701. The van der Waals surface area contributed by atoms with E-state index in [0.717, 1.165) is 77.4 Å². The maximum absolute atomic E-state index is 12.8. The highest BCUT2D eigenvalue weighted by molar-refractivity contribution is 5.78. The fraction of sp³-hybridized carbons (Fsp3) is 0.667. The molecule has 1 aromatic carbocycles. The molecule has 0 bridgehead atoms. The smallest absolute Gasteiger partial charge is 0.236 e. The average molecular weight is 431 g/mol. The first kappa shape index (κ1) is 23.5. The van der Waals surface area contributed by atoms with Gasteiger partial charge in [0.05, 0.1) is 13.7 Å². The van der Waals surface area contributed by atoms with Crippen LogP contribution in [0.25, 0.3) is 0 Å². The molecule has 7 heteroatoms. The van der Waals surface area contributed by atoms with Crippen molar-refractivity contribution < 1.29 is 14.3 Å². The number of piperidine rings is 1. The Morgan fingerprint density at radius 3 is 2.48 bits per heavy atom. The van der Waals surface area contributed by atoms with Gasteiger partial charge in [0, 0.05) is 52.2 Å². The van der Waals surface area contributed by atoms with Gasteiger partial charge in [-0.05, 0) is 49.4 Å². The lowest BCUT2D eigenvalue weighted by Gasteiger charge is -2.37. The molecule has 2 amide bonds. The molecule has 1 atom stereocenters. The number of likely N-dealkylation sites (tertiary alicyclic amines) is 1. The lowest BCUT2D eigenvalue weighted by Crippen LogP contribution is -2.52. The zero-order chi connectivity index (χ0) is 22.1. The maximum atomic E-state index is 12.8. The molecule has 2 fully saturated rings. The van der Waals surface area contributed by atoms with E-state index in [4.69, 9.17) is 4.74 Å². The molecule has 1 aromatic rings. The van der Waals surface area contributed by atoms with Crippen LogP contribution in [0.4, 0.5) is 0 Å². The van der Waals surface area contributed by atoms with Gasteiger partial charge in [0.15, 0.2) is 0 Å². The van der Waals surface area contributed by atoms with Gasteiger partial charge in [0.2, 0.25) is 11.8 Å². The zero-order valence-electron chi connectivity index (χ0n) is 19.1. The topological polar surface area (TPSA) is 65.1 Å². The maximum Gasteiger partial charge on any atom is 0.236 e. The number of methoxy groups -OCH3 is 1. The molecule has 0 saturated carbocycles. The Labute approximate surface area is 186 Å². The number of ether oxygens (including phenoxy) is 1. The first-order valence-electron chi connectivity index (χ1n) is 11.7. The van der Waals surface area contributed by atoms with E-state index in [2.05, 4.69) is 27.2 Å². The number of amides is 2. The summed E-state index contributed by atoms with van der Waals surface area (Å²) >= 11 is 0. The van der Waals surface area contributed by atoms with Crippen LogP contribution in [-0.4, -0.2) is 86.0 Å². The van der Waals surface area contributed by atoms with Crippen molar-refractivity contribution in [3.63, 3.8) is 0 Å². The van der Waals surface area contributed by atoms with Crippen LogP contribution in [0.15, 0.2) is 24.3 Å². The Kier molecular flexibility index (Phi) is 9.15. The first-order chi connectivity index (χ1) is 15.1. The van der Waals surface area contributed by atoms with Crippen molar-refractivity contribution in [1.29, 1.82) is 0 Å². The number of benzene rings is 1. The molecule has 0 radical (unpaired) electrons. The molecule has 2 saturated heterocycles. The fourth-order valence-electron chi connectivity index (χ4n) is 4.47. The van der Waals surface area contributed by atoms with Crippen LogP contribution < -0.4 is 10.1 Å². The predicted molar refractivity (Wildman–Crippen MR) is 122 cm³/mol. The van der Waals surface area contributed by atoms with E-state index in [-0.39, 0.29) is 11.8 Å². The van der Waals surface area contributed by atoms with Gasteiger partial charge in [-0.2, -0.15) is 0 Å². The summed E-state index contributed by atoms with van der Waals surface area (Å²) in [6.07, 6.45) is 3.70. The van der Waals surface area contributed by atoms with Crippen LogP contribution in [0.3, 0.4) is 0 Å². The van der Waals surface area contributed by atoms with Crippen LogP contribution in [-0.2, 0) is 16.1 Å². The molecular weight excluding hydrogens is 392 g/mol. The lowest BCUT2D eigenvalue weighted by molar-refractivity contribution is -0.134. The number of hydrogen-bond acceptors (Lipinski definition) is 5. The van der Waals surface area contributed by atoms with Crippen LogP contribution in [0.5, 0.6) is 5.75 Å². The third-order valence-electron chi connectivity index (χ3n) is 6.32. The Morgan fingerprint density at radius 1 is 1.06 bits per heavy atom. The second-order valence-corrected chi connectivity index (χ2v) is 8.80. The highest BCUT2D eigenvalue weighted by Gasteiger charge is 2.26. The highest BCUT2D eigenvalue weighted by atomic mass is 16.5. The molecule has 3 rings (SSSR count). The summed E-state index contributed by atoms with van der Waals surface area (Å²) in [4.78, 5) is 31.3. The Hall–Kier alpha value is -2.12. The summed E-state index contributed by atoms with van der Waals surface area (Å²) in [7, 11) is 1.68. The van der Waals surface area contributed by atoms with Gasteiger partial charge in [-0.15, -0.1) is 0 Å². The van der Waals surface area contributed by atoms with E-state index < -0.39 is 0 Å². The SMILES string of the molecule is CCCC(=O)NCC1CCCN(CC(=O)N2CCN(Cc3ccc(OC)cc3)CC2)C1. The standard InChI is InChI=1S/C24H38N4O3/c1-3-5-23(29)25-16-21-6-4-11-27(18-21)19-24(30)28-14-12-26(13-15-28)17-20-7-9-22(31-2)10-8-20/h7-10,21H,3-6,11-19H2,1-2H3,(H,25,29). The lowest BCUT2D eigenvalue weighted by atomic mass is 9.98. The van der Waals surface area contributed by atoms with Crippen LogP contribution in [0.1, 0.15) is 38.2 Å². The second-order valence-electron chi connectivity index (χ2n) is 8.80. The van der Waals surface area contributed by atoms with Gasteiger partial charge >= 0.3 is 0 Å². The number of nitrogens with zero attached hydrogens (tertiary/aromatic N) is 3. The number of rotatable bonds is 9. The molecule has 0 aliphatic carbocycles. The van der Waals surface area contributed by atoms with E-state index >= 15 is 0 Å². The van der Waals surface area contributed by atoms with E-state index in [9.17, 15) is 9.59 Å². The molecule has 172 valence electrons. The van der Waals surface area contributed by atoms with Gasteiger partial charge in [0.1, 0.15) is 5.75 Å². The predicted octanol–water partition coefficient (Wildman–Crippen LogP) is 1.97. The summed E-state index contributed by atoms with van der Waals surface area (Å²) in [5.41, 5.74) is 1.27. The van der Waals surface area contributed by atoms with Crippen molar-refractivity contribution in [3.05, 3.63) is 29.8 Å². The normalized spacial score (nSPS) is 20.5. The van der Waals surface area contributed by atoms with Crippen molar-refractivity contribution in [2.45, 2.75) is 39.2 Å². The van der Waals surface area contributed by atoms with Crippen molar-refractivity contribution in [3.8, 4) is 5.75 Å². The van der Waals surface area contributed by atoms with E-state index in [1.165, 1.54) is 5.56 Å². The molecule has 7 nitrogen and oxygen atoms in total. The third kappa shape index (κ3) is 7.51. The average Bonchev–Trinajstić information content (AvgIpc) is 2.79. The quantitative estimate of drug-likeness (QED) is 0.649. The Balaban J connectivity index is 1.37.